The maximum atomic E-state index is 5.75. The van der Waals surface area contributed by atoms with Gasteiger partial charge in [-0.25, -0.2) is 0 Å². The predicted molar refractivity (Wildman–Crippen MR) is 84.1 cm³/mol. The highest BCUT2D eigenvalue weighted by molar-refractivity contribution is 5.44. The van der Waals surface area contributed by atoms with Gasteiger partial charge in [-0.05, 0) is 30.0 Å². The number of piperazine rings is 1. The molecule has 2 aliphatic rings. The van der Waals surface area contributed by atoms with Gasteiger partial charge in [0, 0.05) is 32.2 Å². The van der Waals surface area contributed by atoms with E-state index in [1.165, 1.54) is 12.0 Å². The Balaban J connectivity index is 1.84. The van der Waals surface area contributed by atoms with Crippen molar-refractivity contribution < 1.29 is 9.47 Å². The van der Waals surface area contributed by atoms with Crippen molar-refractivity contribution in [2.24, 2.45) is 5.92 Å². The number of nitrogens with zero attached hydrogens (tertiary/aromatic N) is 1. The van der Waals surface area contributed by atoms with E-state index in [2.05, 4.69) is 42.3 Å². The molecule has 21 heavy (non-hydrogen) atoms. The van der Waals surface area contributed by atoms with Gasteiger partial charge < -0.3 is 14.8 Å². The molecule has 4 nitrogen and oxygen atoms in total. The van der Waals surface area contributed by atoms with Crippen LogP contribution in [-0.2, 0) is 0 Å². The van der Waals surface area contributed by atoms with Crippen molar-refractivity contribution >= 4 is 0 Å². The van der Waals surface area contributed by atoms with Crippen LogP contribution in [0.25, 0.3) is 0 Å². The van der Waals surface area contributed by atoms with Crippen LogP contribution in [0.4, 0.5) is 0 Å². The summed E-state index contributed by atoms with van der Waals surface area (Å²) in [4.78, 5) is 2.60. The van der Waals surface area contributed by atoms with Gasteiger partial charge in [-0.3, -0.25) is 4.90 Å². The fourth-order valence-corrected chi connectivity index (χ4v) is 3.20. The van der Waals surface area contributed by atoms with Gasteiger partial charge in [0.2, 0.25) is 0 Å². The van der Waals surface area contributed by atoms with Gasteiger partial charge in [-0.15, -0.1) is 0 Å². The van der Waals surface area contributed by atoms with Crippen LogP contribution >= 0.6 is 0 Å². The predicted octanol–water partition coefficient (Wildman–Crippen LogP) is 2.45. The molecule has 1 atom stereocenters. The SMILES string of the molecule is CC(C)C[C@H](c1ccc2c(c1)OCCO2)N1CCNCC1. The Bertz CT molecular complexity index is 470. The van der Waals surface area contributed by atoms with Crippen molar-refractivity contribution in [3.8, 4) is 11.5 Å². The molecule has 3 rings (SSSR count). The van der Waals surface area contributed by atoms with E-state index in [0.29, 0.717) is 25.2 Å². The van der Waals surface area contributed by atoms with Crippen LogP contribution in [-0.4, -0.2) is 44.3 Å². The average Bonchev–Trinajstić information content (AvgIpc) is 2.53. The summed E-state index contributed by atoms with van der Waals surface area (Å²) in [6.45, 7) is 10.3. The van der Waals surface area contributed by atoms with E-state index in [1.807, 2.05) is 0 Å². The molecular formula is C17H26N2O2. The van der Waals surface area contributed by atoms with Gasteiger partial charge in [0.25, 0.3) is 0 Å². The molecule has 0 aromatic heterocycles. The van der Waals surface area contributed by atoms with E-state index in [-0.39, 0.29) is 0 Å². The van der Waals surface area contributed by atoms with Gasteiger partial charge in [-0.1, -0.05) is 19.9 Å². The van der Waals surface area contributed by atoms with Crippen LogP contribution in [0.2, 0.25) is 0 Å². The second kappa shape index (κ2) is 6.67. The molecule has 116 valence electrons. The van der Waals surface area contributed by atoms with Crippen molar-refractivity contribution in [2.45, 2.75) is 26.3 Å². The Morgan fingerprint density at radius 1 is 1.10 bits per heavy atom. The van der Waals surface area contributed by atoms with Crippen molar-refractivity contribution in [2.75, 3.05) is 39.4 Å². The third-order valence-corrected chi connectivity index (χ3v) is 4.24. The maximum absolute atomic E-state index is 5.75. The van der Waals surface area contributed by atoms with E-state index < -0.39 is 0 Å². The highest BCUT2D eigenvalue weighted by Crippen LogP contribution is 2.36. The molecule has 0 aliphatic carbocycles. The second-order valence-corrected chi connectivity index (χ2v) is 6.33. The van der Waals surface area contributed by atoms with Crippen LogP contribution in [0.1, 0.15) is 31.9 Å². The molecule has 0 saturated carbocycles. The largest absolute Gasteiger partial charge is 0.486 e. The summed E-state index contributed by atoms with van der Waals surface area (Å²) in [6, 6.07) is 6.94. The molecule has 1 N–H and O–H groups in total. The van der Waals surface area contributed by atoms with Crippen molar-refractivity contribution in [1.29, 1.82) is 0 Å². The minimum absolute atomic E-state index is 0.475. The minimum Gasteiger partial charge on any atom is -0.486 e. The first kappa shape index (κ1) is 14.7. The number of fused-ring (bicyclic) bond motifs is 1. The zero-order valence-corrected chi connectivity index (χ0v) is 13.1. The Morgan fingerprint density at radius 3 is 2.52 bits per heavy atom. The fraction of sp³-hybridized carbons (Fsp3) is 0.647. The molecule has 1 aromatic carbocycles. The maximum Gasteiger partial charge on any atom is 0.161 e. The molecule has 1 fully saturated rings. The molecule has 4 heteroatoms. The van der Waals surface area contributed by atoms with Crippen LogP contribution < -0.4 is 14.8 Å². The standard InChI is InChI=1S/C17H26N2O2/c1-13(2)11-15(19-7-5-18-6-8-19)14-3-4-16-17(12-14)21-10-9-20-16/h3-4,12-13,15,18H,5-11H2,1-2H3/t15-/m1/s1. The summed E-state index contributed by atoms with van der Waals surface area (Å²) < 4.78 is 11.4. The lowest BCUT2D eigenvalue weighted by Crippen LogP contribution is -2.45. The van der Waals surface area contributed by atoms with E-state index in [9.17, 15) is 0 Å². The molecule has 2 heterocycles. The fourth-order valence-electron chi connectivity index (χ4n) is 3.20. The van der Waals surface area contributed by atoms with E-state index in [0.717, 1.165) is 37.7 Å². The third kappa shape index (κ3) is 3.50. The molecule has 0 spiro atoms. The van der Waals surface area contributed by atoms with Gasteiger partial charge in [-0.2, -0.15) is 0 Å². The van der Waals surface area contributed by atoms with Gasteiger partial charge in [0.1, 0.15) is 13.2 Å². The topological polar surface area (TPSA) is 33.7 Å². The molecule has 2 aliphatic heterocycles. The van der Waals surface area contributed by atoms with Crippen LogP contribution in [0.15, 0.2) is 18.2 Å². The summed E-state index contributed by atoms with van der Waals surface area (Å²) in [6.07, 6.45) is 1.18. The highest BCUT2D eigenvalue weighted by Gasteiger charge is 2.24. The average molecular weight is 290 g/mol. The minimum atomic E-state index is 0.475. The van der Waals surface area contributed by atoms with Crippen LogP contribution in [0.3, 0.4) is 0 Å². The quantitative estimate of drug-likeness (QED) is 0.923. The van der Waals surface area contributed by atoms with Crippen LogP contribution in [0.5, 0.6) is 11.5 Å². The number of rotatable bonds is 4. The van der Waals surface area contributed by atoms with E-state index in [4.69, 9.17) is 9.47 Å². The molecule has 1 saturated heterocycles. The first-order chi connectivity index (χ1) is 10.2. The van der Waals surface area contributed by atoms with E-state index in [1.54, 1.807) is 0 Å². The molecular weight excluding hydrogens is 264 g/mol. The lowest BCUT2D eigenvalue weighted by molar-refractivity contribution is 0.151. The number of hydrogen-bond donors (Lipinski definition) is 1. The summed E-state index contributed by atoms with van der Waals surface area (Å²) >= 11 is 0. The van der Waals surface area contributed by atoms with Crippen molar-refractivity contribution in [3.63, 3.8) is 0 Å². The normalized spacial score (nSPS) is 20.5. The van der Waals surface area contributed by atoms with Gasteiger partial charge in [0.15, 0.2) is 11.5 Å². The lowest BCUT2D eigenvalue weighted by Gasteiger charge is -2.36. The Morgan fingerprint density at radius 2 is 1.81 bits per heavy atom. The van der Waals surface area contributed by atoms with Gasteiger partial charge in [0.05, 0.1) is 0 Å². The Labute approximate surface area is 127 Å². The second-order valence-electron chi connectivity index (χ2n) is 6.33. The highest BCUT2D eigenvalue weighted by atomic mass is 16.6. The Kier molecular flexibility index (Phi) is 4.66. The summed E-state index contributed by atoms with van der Waals surface area (Å²) in [7, 11) is 0. The first-order valence-corrected chi connectivity index (χ1v) is 8.08. The zero-order valence-electron chi connectivity index (χ0n) is 13.1. The van der Waals surface area contributed by atoms with Crippen molar-refractivity contribution in [1.82, 2.24) is 10.2 Å². The third-order valence-electron chi connectivity index (χ3n) is 4.24. The number of nitrogens with one attached hydrogen (secondary N) is 1. The number of ether oxygens (including phenoxy) is 2. The molecule has 0 radical (unpaired) electrons. The smallest absolute Gasteiger partial charge is 0.161 e. The number of benzene rings is 1. The Hall–Kier alpha value is -1.26. The molecule has 0 unspecified atom stereocenters. The monoisotopic (exact) mass is 290 g/mol. The summed E-state index contributed by atoms with van der Waals surface area (Å²) in [5.41, 5.74) is 1.36. The summed E-state index contributed by atoms with van der Waals surface area (Å²) in [5, 5.41) is 3.44. The van der Waals surface area contributed by atoms with Gasteiger partial charge >= 0.3 is 0 Å². The first-order valence-electron chi connectivity index (χ1n) is 8.08. The molecule has 0 bridgehead atoms. The zero-order chi connectivity index (χ0) is 14.7. The molecule has 0 amide bonds. The molecule has 1 aromatic rings. The van der Waals surface area contributed by atoms with Crippen molar-refractivity contribution in [3.05, 3.63) is 23.8 Å². The lowest BCUT2D eigenvalue weighted by atomic mass is 9.94. The van der Waals surface area contributed by atoms with Crippen LogP contribution in [0, 0.1) is 5.92 Å². The van der Waals surface area contributed by atoms with E-state index >= 15 is 0 Å². The number of hydrogen-bond acceptors (Lipinski definition) is 4. The summed E-state index contributed by atoms with van der Waals surface area (Å²) in [5.74, 6) is 2.47.